The number of nitrogens with one attached hydrogen (secondary N) is 1. The highest BCUT2D eigenvalue weighted by atomic mass is 16.5. The monoisotopic (exact) mass is 384 g/mol. The highest BCUT2D eigenvalue weighted by molar-refractivity contribution is 5.93. The van der Waals surface area contributed by atoms with Crippen LogP contribution in [0, 0.1) is 13.8 Å². The van der Waals surface area contributed by atoms with Crippen LogP contribution >= 0.6 is 0 Å². The quantitative estimate of drug-likeness (QED) is 0.709. The summed E-state index contributed by atoms with van der Waals surface area (Å²) >= 11 is 0. The number of nitrogens with zero attached hydrogens (tertiary/aromatic N) is 1. The molecule has 1 fully saturated rings. The summed E-state index contributed by atoms with van der Waals surface area (Å²) in [4.78, 5) is 24.8. The SMILES string of the molecule is COc1ccc(CCNC(=O)[C@H](C)OC(=O)c2cc(C)n(C3CC3)c2C)cc1. The van der Waals surface area contributed by atoms with Crippen LogP contribution in [0.15, 0.2) is 30.3 Å². The van der Waals surface area contributed by atoms with Gasteiger partial charge in [-0.05, 0) is 63.8 Å². The van der Waals surface area contributed by atoms with Crippen LogP contribution in [0.5, 0.6) is 5.75 Å². The zero-order valence-electron chi connectivity index (χ0n) is 17.0. The van der Waals surface area contributed by atoms with Gasteiger partial charge < -0.3 is 19.4 Å². The number of benzene rings is 1. The summed E-state index contributed by atoms with van der Waals surface area (Å²) in [6.07, 6.45) is 2.15. The maximum Gasteiger partial charge on any atom is 0.340 e. The summed E-state index contributed by atoms with van der Waals surface area (Å²) < 4.78 is 12.7. The van der Waals surface area contributed by atoms with Crippen molar-refractivity contribution < 1.29 is 19.1 Å². The van der Waals surface area contributed by atoms with E-state index < -0.39 is 12.1 Å². The molecule has 1 aliphatic rings. The van der Waals surface area contributed by atoms with Crippen LogP contribution in [0.25, 0.3) is 0 Å². The number of hydrogen-bond donors (Lipinski definition) is 1. The van der Waals surface area contributed by atoms with Crippen molar-refractivity contribution in [3.8, 4) is 5.75 Å². The van der Waals surface area contributed by atoms with Crippen LogP contribution in [0.1, 0.15) is 53.1 Å². The fourth-order valence-electron chi connectivity index (χ4n) is 3.42. The third kappa shape index (κ3) is 4.55. The topological polar surface area (TPSA) is 69.6 Å². The van der Waals surface area contributed by atoms with E-state index in [1.807, 2.05) is 44.2 Å². The first-order valence-electron chi connectivity index (χ1n) is 9.70. The van der Waals surface area contributed by atoms with E-state index in [9.17, 15) is 9.59 Å². The fraction of sp³-hybridized carbons (Fsp3) is 0.455. The molecule has 6 nitrogen and oxygen atoms in total. The second-order valence-corrected chi connectivity index (χ2v) is 7.32. The minimum Gasteiger partial charge on any atom is -0.497 e. The van der Waals surface area contributed by atoms with Gasteiger partial charge in [-0.2, -0.15) is 0 Å². The van der Waals surface area contributed by atoms with E-state index in [1.54, 1.807) is 14.0 Å². The van der Waals surface area contributed by atoms with Crippen molar-refractivity contribution in [1.82, 2.24) is 9.88 Å². The Morgan fingerprint density at radius 2 is 1.89 bits per heavy atom. The number of carbonyl (C=O) groups excluding carboxylic acids is 2. The molecule has 1 aromatic carbocycles. The molecule has 3 rings (SSSR count). The van der Waals surface area contributed by atoms with E-state index in [4.69, 9.17) is 9.47 Å². The number of aromatic nitrogens is 1. The summed E-state index contributed by atoms with van der Waals surface area (Å²) in [6.45, 7) is 6.00. The molecule has 1 aromatic heterocycles. The lowest BCUT2D eigenvalue weighted by Gasteiger charge is -2.14. The lowest BCUT2D eigenvalue weighted by Crippen LogP contribution is -2.37. The number of carbonyl (C=O) groups is 2. The summed E-state index contributed by atoms with van der Waals surface area (Å²) in [6, 6.07) is 10.1. The number of rotatable bonds is 8. The molecule has 1 saturated carbocycles. The standard InChI is InChI=1S/C22H28N2O4/c1-14-13-20(15(2)24(14)18-7-8-18)22(26)28-16(3)21(25)23-12-11-17-5-9-19(27-4)10-6-17/h5-6,9-10,13,16,18H,7-8,11-12H2,1-4H3,(H,23,25)/t16-/m0/s1. The first-order valence-corrected chi connectivity index (χ1v) is 9.70. The van der Waals surface area contributed by atoms with E-state index in [0.717, 1.165) is 35.5 Å². The fourth-order valence-corrected chi connectivity index (χ4v) is 3.42. The predicted octanol–water partition coefficient (Wildman–Crippen LogP) is 3.35. The average Bonchev–Trinajstić information content (AvgIpc) is 3.46. The lowest BCUT2D eigenvalue weighted by atomic mass is 10.1. The van der Waals surface area contributed by atoms with E-state index in [0.29, 0.717) is 24.6 Å². The molecular formula is C22H28N2O4. The molecule has 0 spiro atoms. The maximum absolute atomic E-state index is 12.5. The Kier molecular flexibility index (Phi) is 6.07. The minimum atomic E-state index is -0.840. The van der Waals surface area contributed by atoms with E-state index in [2.05, 4.69) is 9.88 Å². The Morgan fingerprint density at radius 3 is 2.50 bits per heavy atom. The summed E-state index contributed by atoms with van der Waals surface area (Å²) in [5.41, 5.74) is 3.61. The van der Waals surface area contributed by atoms with Crippen molar-refractivity contribution in [2.24, 2.45) is 0 Å². The van der Waals surface area contributed by atoms with Crippen LogP contribution in [-0.4, -0.2) is 36.2 Å². The van der Waals surface area contributed by atoms with Gasteiger partial charge in [0.25, 0.3) is 5.91 Å². The van der Waals surface area contributed by atoms with Crippen molar-refractivity contribution in [2.45, 2.75) is 52.2 Å². The molecular weight excluding hydrogens is 356 g/mol. The van der Waals surface area contributed by atoms with Gasteiger partial charge in [-0.3, -0.25) is 4.79 Å². The lowest BCUT2D eigenvalue weighted by molar-refractivity contribution is -0.129. The summed E-state index contributed by atoms with van der Waals surface area (Å²) in [5.74, 6) is 0.0602. The highest BCUT2D eigenvalue weighted by Gasteiger charge is 2.29. The van der Waals surface area contributed by atoms with Gasteiger partial charge in [-0.15, -0.1) is 0 Å². The molecule has 0 unspecified atom stereocenters. The van der Waals surface area contributed by atoms with Gasteiger partial charge in [0.15, 0.2) is 6.10 Å². The number of esters is 1. The molecule has 0 saturated heterocycles. The number of amides is 1. The molecule has 28 heavy (non-hydrogen) atoms. The Labute approximate surface area is 165 Å². The number of hydrogen-bond acceptors (Lipinski definition) is 4. The first kappa shape index (κ1) is 20.0. The van der Waals surface area contributed by atoms with Crippen molar-refractivity contribution in [3.05, 3.63) is 52.8 Å². The highest BCUT2D eigenvalue weighted by Crippen LogP contribution is 2.38. The summed E-state index contributed by atoms with van der Waals surface area (Å²) in [7, 11) is 1.63. The Hall–Kier alpha value is -2.76. The Balaban J connectivity index is 1.49. The van der Waals surface area contributed by atoms with Crippen LogP contribution in [0.3, 0.4) is 0 Å². The predicted molar refractivity (Wildman–Crippen MR) is 107 cm³/mol. The first-order chi connectivity index (χ1) is 13.4. The maximum atomic E-state index is 12.5. The van der Waals surface area contributed by atoms with E-state index in [1.165, 1.54) is 0 Å². The van der Waals surface area contributed by atoms with Crippen molar-refractivity contribution in [3.63, 3.8) is 0 Å². The minimum absolute atomic E-state index is 0.294. The zero-order valence-corrected chi connectivity index (χ0v) is 17.0. The van der Waals surface area contributed by atoms with E-state index in [-0.39, 0.29) is 5.91 Å². The molecule has 1 aliphatic carbocycles. The van der Waals surface area contributed by atoms with Crippen LogP contribution in [-0.2, 0) is 16.0 Å². The van der Waals surface area contributed by atoms with Gasteiger partial charge >= 0.3 is 5.97 Å². The van der Waals surface area contributed by atoms with Crippen LogP contribution in [0.2, 0.25) is 0 Å². The number of ether oxygens (including phenoxy) is 2. The largest absolute Gasteiger partial charge is 0.497 e. The number of aryl methyl sites for hydroxylation is 1. The third-order valence-electron chi connectivity index (χ3n) is 5.14. The van der Waals surface area contributed by atoms with Gasteiger partial charge in [0.2, 0.25) is 0 Å². The molecule has 1 amide bonds. The molecule has 0 bridgehead atoms. The molecule has 1 N–H and O–H groups in total. The van der Waals surface area contributed by atoms with Crippen LogP contribution in [0.4, 0.5) is 0 Å². The second kappa shape index (κ2) is 8.50. The Morgan fingerprint density at radius 1 is 1.21 bits per heavy atom. The molecule has 150 valence electrons. The van der Waals surface area contributed by atoms with Gasteiger partial charge in [-0.1, -0.05) is 12.1 Å². The van der Waals surface area contributed by atoms with Crippen molar-refractivity contribution in [1.29, 1.82) is 0 Å². The molecule has 2 aromatic rings. The molecule has 0 aliphatic heterocycles. The third-order valence-corrected chi connectivity index (χ3v) is 5.14. The number of methoxy groups -OCH3 is 1. The normalized spacial score (nSPS) is 14.4. The van der Waals surface area contributed by atoms with Crippen molar-refractivity contribution in [2.75, 3.05) is 13.7 Å². The molecule has 1 heterocycles. The van der Waals surface area contributed by atoms with Gasteiger partial charge in [0.1, 0.15) is 5.75 Å². The molecule has 1 atom stereocenters. The Bertz CT molecular complexity index is 850. The molecule has 6 heteroatoms. The van der Waals surface area contributed by atoms with Gasteiger partial charge in [-0.25, -0.2) is 4.79 Å². The second-order valence-electron chi connectivity index (χ2n) is 7.32. The molecule has 0 radical (unpaired) electrons. The van der Waals surface area contributed by atoms with Gasteiger partial charge in [0, 0.05) is 24.0 Å². The van der Waals surface area contributed by atoms with Crippen molar-refractivity contribution >= 4 is 11.9 Å². The zero-order chi connectivity index (χ0) is 20.3. The average molecular weight is 384 g/mol. The van der Waals surface area contributed by atoms with Gasteiger partial charge in [0.05, 0.1) is 12.7 Å². The smallest absolute Gasteiger partial charge is 0.340 e. The van der Waals surface area contributed by atoms with Crippen LogP contribution < -0.4 is 10.1 Å². The summed E-state index contributed by atoms with van der Waals surface area (Å²) in [5, 5.41) is 2.82. The van der Waals surface area contributed by atoms with E-state index >= 15 is 0 Å².